The van der Waals surface area contributed by atoms with Crippen LogP contribution in [0, 0.1) is 13.8 Å². The Balaban J connectivity index is 2.35. The molecule has 0 fully saturated rings. The normalized spacial score (nSPS) is 12.2. The number of carbonyl (C=O) groups is 1. The van der Waals surface area contributed by atoms with E-state index in [2.05, 4.69) is 21.6 Å². The summed E-state index contributed by atoms with van der Waals surface area (Å²) in [5.41, 5.74) is 2.19. The molecule has 1 unspecified atom stereocenters. The monoisotopic (exact) mass is 290 g/mol. The van der Waals surface area contributed by atoms with Crippen molar-refractivity contribution in [3.8, 4) is 5.69 Å². The molecular formula is C14H18N4OS. The molecule has 0 bridgehead atoms. The van der Waals surface area contributed by atoms with Crippen molar-refractivity contribution in [3.05, 3.63) is 35.7 Å². The van der Waals surface area contributed by atoms with Crippen molar-refractivity contribution in [3.63, 3.8) is 0 Å². The Hall–Kier alpha value is -1.82. The van der Waals surface area contributed by atoms with Gasteiger partial charge in [0.15, 0.2) is 5.16 Å². The molecule has 0 saturated heterocycles. The Morgan fingerprint density at radius 1 is 1.35 bits per heavy atom. The number of nitrogens with one attached hydrogen (secondary N) is 1. The summed E-state index contributed by atoms with van der Waals surface area (Å²) in [6.45, 7) is 5.81. The number of benzene rings is 1. The maximum Gasteiger partial charge on any atom is 0.233 e. The highest BCUT2D eigenvalue weighted by molar-refractivity contribution is 8.00. The van der Waals surface area contributed by atoms with Gasteiger partial charge >= 0.3 is 0 Å². The van der Waals surface area contributed by atoms with Crippen LogP contribution in [-0.4, -0.2) is 33.0 Å². The molecule has 2 aromatic rings. The fourth-order valence-corrected chi connectivity index (χ4v) is 2.87. The topological polar surface area (TPSA) is 59.8 Å². The summed E-state index contributed by atoms with van der Waals surface area (Å²) in [5, 5.41) is 11.4. The first kappa shape index (κ1) is 14.6. The van der Waals surface area contributed by atoms with Crippen LogP contribution in [0.2, 0.25) is 0 Å². The third-order valence-corrected chi connectivity index (χ3v) is 4.00. The molecule has 1 aromatic heterocycles. The van der Waals surface area contributed by atoms with E-state index in [9.17, 15) is 4.79 Å². The van der Waals surface area contributed by atoms with E-state index in [-0.39, 0.29) is 11.2 Å². The molecule has 0 aliphatic heterocycles. The zero-order chi connectivity index (χ0) is 14.7. The summed E-state index contributed by atoms with van der Waals surface area (Å²) >= 11 is 1.40. The highest BCUT2D eigenvalue weighted by Gasteiger charge is 2.18. The first-order valence-electron chi connectivity index (χ1n) is 6.40. The first-order valence-corrected chi connectivity index (χ1v) is 7.28. The predicted octanol–water partition coefficient (Wildman–Crippen LogP) is 2.11. The number of amides is 1. The SMILES string of the molecule is CNC(=O)C(C)Sc1nnc(C)n1-c1cccc(C)c1. The smallest absolute Gasteiger partial charge is 0.233 e. The summed E-state index contributed by atoms with van der Waals surface area (Å²) in [6.07, 6.45) is 0. The molecule has 2 rings (SSSR count). The largest absolute Gasteiger partial charge is 0.358 e. The van der Waals surface area contributed by atoms with E-state index in [1.807, 2.05) is 43.5 Å². The van der Waals surface area contributed by atoms with Crippen LogP contribution in [-0.2, 0) is 4.79 Å². The van der Waals surface area contributed by atoms with Crippen LogP contribution < -0.4 is 5.32 Å². The predicted molar refractivity (Wildman–Crippen MR) is 80.2 cm³/mol. The van der Waals surface area contributed by atoms with Crippen LogP contribution in [0.1, 0.15) is 18.3 Å². The van der Waals surface area contributed by atoms with Gasteiger partial charge in [0.25, 0.3) is 0 Å². The Bertz CT molecular complexity index is 623. The minimum atomic E-state index is -0.216. The molecule has 0 aliphatic carbocycles. The van der Waals surface area contributed by atoms with Gasteiger partial charge in [-0.3, -0.25) is 9.36 Å². The van der Waals surface area contributed by atoms with Crippen LogP contribution in [0.3, 0.4) is 0 Å². The summed E-state index contributed by atoms with van der Waals surface area (Å²) in [6, 6.07) is 8.13. The molecule has 0 saturated carbocycles. The molecule has 20 heavy (non-hydrogen) atoms. The van der Waals surface area contributed by atoms with Gasteiger partial charge in [0.05, 0.1) is 5.25 Å². The Morgan fingerprint density at radius 2 is 2.10 bits per heavy atom. The number of nitrogens with zero attached hydrogens (tertiary/aromatic N) is 3. The van der Waals surface area contributed by atoms with Crippen LogP contribution in [0.5, 0.6) is 0 Å². The second-order valence-electron chi connectivity index (χ2n) is 4.58. The zero-order valence-corrected chi connectivity index (χ0v) is 12.9. The Kier molecular flexibility index (Phi) is 4.44. The zero-order valence-electron chi connectivity index (χ0n) is 12.0. The van der Waals surface area contributed by atoms with E-state index in [0.29, 0.717) is 0 Å². The van der Waals surface area contributed by atoms with Gasteiger partial charge in [0.1, 0.15) is 5.82 Å². The fraction of sp³-hybridized carbons (Fsp3) is 0.357. The summed E-state index contributed by atoms with van der Waals surface area (Å²) < 4.78 is 1.97. The maximum absolute atomic E-state index is 11.6. The van der Waals surface area contributed by atoms with Crippen molar-refractivity contribution in [2.45, 2.75) is 31.2 Å². The maximum atomic E-state index is 11.6. The van der Waals surface area contributed by atoms with Crippen molar-refractivity contribution >= 4 is 17.7 Å². The molecule has 1 N–H and O–H groups in total. The van der Waals surface area contributed by atoms with Gasteiger partial charge in [0.2, 0.25) is 5.91 Å². The second kappa shape index (κ2) is 6.09. The fourth-order valence-electron chi connectivity index (χ4n) is 1.90. The minimum absolute atomic E-state index is 0.0218. The van der Waals surface area contributed by atoms with Gasteiger partial charge in [-0.15, -0.1) is 10.2 Å². The lowest BCUT2D eigenvalue weighted by Gasteiger charge is -2.12. The third kappa shape index (κ3) is 3.01. The third-order valence-electron chi connectivity index (χ3n) is 2.95. The molecular weight excluding hydrogens is 272 g/mol. The number of hydrogen-bond acceptors (Lipinski definition) is 4. The number of carbonyl (C=O) groups excluding carboxylic acids is 1. The van der Waals surface area contributed by atoms with Crippen LogP contribution in [0.25, 0.3) is 5.69 Å². The molecule has 0 aliphatic rings. The van der Waals surface area contributed by atoms with Crippen molar-refractivity contribution in [2.24, 2.45) is 0 Å². The molecule has 1 heterocycles. The van der Waals surface area contributed by atoms with E-state index in [1.165, 1.54) is 17.3 Å². The first-order chi connectivity index (χ1) is 9.52. The number of thioether (sulfide) groups is 1. The molecule has 1 atom stereocenters. The van der Waals surface area contributed by atoms with Crippen LogP contribution in [0.15, 0.2) is 29.4 Å². The molecule has 1 amide bonds. The molecule has 6 heteroatoms. The van der Waals surface area contributed by atoms with Gasteiger partial charge in [-0.1, -0.05) is 23.9 Å². The van der Waals surface area contributed by atoms with Crippen molar-refractivity contribution in [2.75, 3.05) is 7.05 Å². The Morgan fingerprint density at radius 3 is 2.75 bits per heavy atom. The van der Waals surface area contributed by atoms with E-state index < -0.39 is 0 Å². The quantitative estimate of drug-likeness (QED) is 0.876. The summed E-state index contributed by atoms with van der Waals surface area (Å²) in [5.74, 6) is 0.786. The van der Waals surface area contributed by atoms with Crippen LogP contribution in [0.4, 0.5) is 0 Å². The van der Waals surface area contributed by atoms with Gasteiger partial charge in [-0.25, -0.2) is 0 Å². The van der Waals surface area contributed by atoms with Crippen molar-refractivity contribution in [1.29, 1.82) is 0 Å². The lowest BCUT2D eigenvalue weighted by molar-refractivity contribution is -0.119. The van der Waals surface area contributed by atoms with Gasteiger partial charge in [-0.05, 0) is 38.5 Å². The van der Waals surface area contributed by atoms with E-state index in [0.717, 1.165) is 16.7 Å². The van der Waals surface area contributed by atoms with E-state index >= 15 is 0 Å². The molecule has 1 aromatic carbocycles. The minimum Gasteiger partial charge on any atom is -0.358 e. The van der Waals surface area contributed by atoms with Crippen molar-refractivity contribution in [1.82, 2.24) is 20.1 Å². The van der Waals surface area contributed by atoms with Gasteiger partial charge in [0, 0.05) is 12.7 Å². The second-order valence-corrected chi connectivity index (χ2v) is 5.89. The van der Waals surface area contributed by atoms with Gasteiger partial charge < -0.3 is 5.32 Å². The highest BCUT2D eigenvalue weighted by Crippen LogP contribution is 2.25. The average molecular weight is 290 g/mol. The number of aryl methyl sites for hydroxylation is 2. The standard InChI is InChI=1S/C14H18N4OS/c1-9-6-5-7-12(8-9)18-11(3)16-17-14(18)20-10(2)13(19)15-4/h5-8,10H,1-4H3,(H,15,19). The van der Waals surface area contributed by atoms with Crippen molar-refractivity contribution < 1.29 is 4.79 Å². The Labute approximate surface area is 122 Å². The summed E-state index contributed by atoms with van der Waals surface area (Å²) in [7, 11) is 1.63. The molecule has 0 spiro atoms. The number of rotatable bonds is 4. The lowest BCUT2D eigenvalue weighted by atomic mass is 10.2. The van der Waals surface area contributed by atoms with E-state index in [1.54, 1.807) is 7.05 Å². The van der Waals surface area contributed by atoms with E-state index in [4.69, 9.17) is 0 Å². The number of hydrogen-bond donors (Lipinski definition) is 1. The molecule has 0 radical (unpaired) electrons. The van der Waals surface area contributed by atoms with Gasteiger partial charge in [-0.2, -0.15) is 0 Å². The highest BCUT2D eigenvalue weighted by atomic mass is 32.2. The summed E-state index contributed by atoms with van der Waals surface area (Å²) in [4.78, 5) is 11.6. The molecule has 106 valence electrons. The average Bonchev–Trinajstić information content (AvgIpc) is 2.78. The van der Waals surface area contributed by atoms with Crippen LogP contribution >= 0.6 is 11.8 Å². The number of aromatic nitrogens is 3. The molecule has 5 nitrogen and oxygen atoms in total. The lowest BCUT2D eigenvalue weighted by Crippen LogP contribution is -2.27.